The Hall–Kier alpha value is -3.03. The molecule has 0 aliphatic rings. The van der Waals surface area contributed by atoms with E-state index >= 15 is 0 Å². The van der Waals surface area contributed by atoms with E-state index in [1.807, 2.05) is 66.9 Å². The van der Waals surface area contributed by atoms with Gasteiger partial charge in [-0.1, -0.05) is 36.4 Å². The van der Waals surface area contributed by atoms with Crippen LogP contribution in [0.25, 0.3) is 10.2 Å². The van der Waals surface area contributed by atoms with Crippen LogP contribution in [-0.2, 0) is 11.2 Å². The fourth-order valence-electron chi connectivity index (χ4n) is 3.04. The summed E-state index contributed by atoms with van der Waals surface area (Å²) in [5.41, 5.74) is 2.58. The summed E-state index contributed by atoms with van der Waals surface area (Å²) >= 11 is 2.93. The van der Waals surface area contributed by atoms with Crippen molar-refractivity contribution in [1.29, 1.82) is 0 Å². The molecular weight excluding hydrogens is 402 g/mol. The molecule has 4 rings (SSSR count). The number of thiazole rings is 1. The van der Waals surface area contributed by atoms with Crippen molar-refractivity contribution in [3.63, 3.8) is 0 Å². The third-order valence-corrected chi connectivity index (χ3v) is 6.21. The zero-order valence-corrected chi connectivity index (χ0v) is 17.3. The van der Waals surface area contributed by atoms with E-state index in [-0.39, 0.29) is 11.8 Å². The van der Waals surface area contributed by atoms with Crippen LogP contribution >= 0.6 is 22.7 Å². The number of hydrogen-bond acceptors (Lipinski definition) is 5. The lowest BCUT2D eigenvalue weighted by molar-refractivity contribution is -0.118. The number of aromatic nitrogens is 1. The number of rotatable bonds is 6. The van der Waals surface area contributed by atoms with Gasteiger partial charge in [0.15, 0.2) is 0 Å². The summed E-state index contributed by atoms with van der Waals surface area (Å²) in [6, 6.07) is 18.2. The second kappa shape index (κ2) is 8.55. The van der Waals surface area contributed by atoms with Gasteiger partial charge in [-0.2, -0.15) is 0 Å². The molecule has 0 aliphatic carbocycles. The van der Waals surface area contributed by atoms with Crippen molar-refractivity contribution < 1.29 is 9.59 Å². The Bertz CT molecular complexity index is 1140. The van der Waals surface area contributed by atoms with E-state index in [4.69, 9.17) is 0 Å². The quantitative estimate of drug-likeness (QED) is 0.476. The van der Waals surface area contributed by atoms with Crippen molar-refractivity contribution in [2.24, 2.45) is 0 Å². The standard InChI is InChI=1S/C22H19N3O2S2/c1-14-23-17-10-9-16(13-20(17)29-14)24-21(26)18(12-15-6-3-2-4-7-15)25-22(27)19-8-5-11-28-19/h2-11,13,18H,12H2,1H3,(H,24,26)(H,25,27). The van der Waals surface area contributed by atoms with Gasteiger partial charge in [0.2, 0.25) is 5.91 Å². The van der Waals surface area contributed by atoms with Gasteiger partial charge in [-0.15, -0.1) is 22.7 Å². The Morgan fingerprint density at radius 1 is 1.07 bits per heavy atom. The Balaban J connectivity index is 1.54. The van der Waals surface area contributed by atoms with Gasteiger partial charge in [-0.05, 0) is 42.1 Å². The van der Waals surface area contributed by atoms with Crippen LogP contribution in [0.15, 0.2) is 66.0 Å². The molecule has 2 aromatic heterocycles. The zero-order chi connectivity index (χ0) is 20.2. The molecule has 2 amide bonds. The second-order valence-electron chi connectivity index (χ2n) is 6.60. The molecule has 2 heterocycles. The Kier molecular flexibility index (Phi) is 5.69. The van der Waals surface area contributed by atoms with Gasteiger partial charge in [0, 0.05) is 12.1 Å². The van der Waals surface area contributed by atoms with Crippen molar-refractivity contribution in [3.8, 4) is 0 Å². The minimum atomic E-state index is -0.689. The van der Waals surface area contributed by atoms with Gasteiger partial charge >= 0.3 is 0 Å². The number of hydrogen-bond donors (Lipinski definition) is 2. The first-order valence-electron chi connectivity index (χ1n) is 9.15. The number of anilines is 1. The Morgan fingerprint density at radius 3 is 2.66 bits per heavy atom. The summed E-state index contributed by atoms with van der Waals surface area (Å²) in [6.07, 6.45) is 0.408. The minimum Gasteiger partial charge on any atom is -0.339 e. The Labute approximate surface area is 176 Å². The lowest BCUT2D eigenvalue weighted by Crippen LogP contribution is -2.45. The largest absolute Gasteiger partial charge is 0.339 e. The van der Waals surface area contributed by atoms with Crippen LogP contribution in [0.1, 0.15) is 20.2 Å². The molecule has 29 heavy (non-hydrogen) atoms. The third-order valence-electron chi connectivity index (χ3n) is 4.41. The van der Waals surface area contributed by atoms with E-state index in [1.54, 1.807) is 17.4 Å². The summed E-state index contributed by atoms with van der Waals surface area (Å²) in [4.78, 5) is 30.6. The van der Waals surface area contributed by atoms with Gasteiger partial charge in [0.05, 0.1) is 20.1 Å². The number of nitrogens with one attached hydrogen (secondary N) is 2. The van der Waals surface area contributed by atoms with E-state index < -0.39 is 6.04 Å². The summed E-state index contributed by atoms with van der Waals surface area (Å²) in [7, 11) is 0. The fraction of sp³-hybridized carbons (Fsp3) is 0.136. The van der Waals surface area contributed by atoms with Crippen molar-refractivity contribution in [2.75, 3.05) is 5.32 Å². The molecule has 0 fully saturated rings. The number of carbonyl (C=O) groups excluding carboxylic acids is 2. The number of benzene rings is 2. The van der Waals surface area contributed by atoms with Crippen LogP contribution in [-0.4, -0.2) is 22.8 Å². The number of nitrogens with zero attached hydrogens (tertiary/aromatic N) is 1. The third kappa shape index (κ3) is 4.70. The molecule has 0 bridgehead atoms. The van der Waals surface area contributed by atoms with Crippen LogP contribution < -0.4 is 10.6 Å². The van der Waals surface area contributed by atoms with Gasteiger partial charge < -0.3 is 10.6 Å². The highest BCUT2D eigenvalue weighted by Crippen LogP contribution is 2.25. The van der Waals surface area contributed by atoms with Crippen LogP contribution in [0, 0.1) is 6.92 Å². The number of carbonyl (C=O) groups is 2. The van der Waals surface area contributed by atoms with Gasteiger partial charge in [0.25, 0.3) is 5.91 Å². The number of amides is 2. The topological polar surface area (TPSA) is 71.1 Å². The van der Waals surface area contributed by atoms with Crippen molar-refractivity contribution >= 4 is 50.4 Å². The molecule has 0 spiro atoms. The molecule has 0 saturated carbocycles. The lowest BCUT2D eigenvalue weighted by atomic mass is 10.0. The number of aryl methyl sites for hydroxylation is 1. The molecule has 0 saturated heterocycles. The van der Waals surface area contributed by atoms with E-state index in [2.05, 4.69) is 15.6 Å². The Morgan fingerprint density at radius 2 is 1.90 bits per heavy atom. The fourth-order valence-corrected chi connectivity index (χ4v) is 4.54. The van der Waals surface area contributed by atoms with Crippen LogP contribution in [0.5, 0.6) is 0 Å². The molecular formula is C22H19N3O2S2. The average molecular weight is 422 g/mol. The van der Waals surface area contributed by atoms with Gasteiger partial charge in [0.1, 0.15) is 6.04 Å². The van der Waals surface area contributed by atoms with Crippen molar-refractivity contribution in [2.45, 2.75) is 19.4 Å². The van der Waals surface area contributed by atoms with E-state index in [1.165, 1.54) is 11.3 Å². The SMILES string of the molecule is Cc1nc2ccc(NC(=O)C(Cc3ccccc3)NC(=O)c3cccs3)cc2s1. The summed E-state index contributed by atoms with van der Waals surface area (Å²) in [5, 5.41) is 8.64. The molecule has 0 aliphatic heterocycles. The van der Waals surface area contributed by atoms with Crippen molar-refractivity contribution in [1.82, 2.24) is 10.3 Å². The smallest absolute Gasteiger partial charge is 0.262 e. The molecule has 146 valence electrons. The van der Waals surface area contributed by atoms with Gasteiger partial charge in [-0.3, -0.25) is 9.59 Å². The first kappa shape index (κ1) is 19.3. The predicted octanol–water partition coefficient (Wildman–Crippen LogP) is 4.65. The molecule has 0 radical (unpaired) electrons. The van der Waals surface area contributed by atoms with Crippen LogP contribution in [0.3, 0.4) is 0 Å². The normalized spacial score (nSPS) is 11.9. The lowest BCUT2D eigenvalue weighted by Gasteiger charge is -2.18. The number of thiophene rings is 1. The van der Waals surface area contributed by atoms with Crippen LogP contribution in [0.4, 0.5) is 5.69 Å². The maximum Gasteiger partial charge on any atom is 0.262 e. The number of fused-ring (bicyclic) bond motifs is 1. The summed E-state index contributed by atoms with van der Waals surface area (Å²) in [5.74, 6) is -0.496. The minimum absolute atomic E-state index is 0.246. The van der Waals surface area contributed by atoms with E-state index in [0.717, 1.165) is 20.8 Å². The maximum absolute atomic E-state index is 13.0. The van der Waals surface area contributed by atoms with E-state index in [0.29, 0.717) is 17.0 Å². The highest BCUT2D eigenvalue weighted by Gasteiger charge is 2.22. The van der Waals surface area contributed by atoms with Gasteiger partial charge in [-0.25, -0.2) is 4.98 Å². The maximum atomic E-state index is 13.0. The molecule has 2 aromatic carbocycles. The summed E-state index contributed by atoms with van der Waals surface area (Å²) in [6.45, 7) is 1.96. The first-order valence-corrected chi connectivity index (χ1v) is 10.8. The summed E-state index contributed by atoms with van der Waals surface area (Å²) < 4.78 is 1.02. The monoisotopic (exact) mass is 421 g/mol. The van der Waals surface area contributed by atoms with E-state index in [9.17, 15) is 9.59 Å². The van der Waals surface area contributed by atoms with Crippen LogP contribution in [0.2, 0.25) is 0 Å². The molecule has 2 N–H and O–H groups in total. The first-order chi connectivity index (χ1) is 14.1. The zero-order valence-electron chi connectivity index (χ0n) is 15.7. The highest BCUT2D eigenvalue weighted by molar-refractivity contribution is 7.18. The molecule has 1 unspecified atom stereocenters. The highest BCUT2D eigenvalue weighted by atomic mass is 32.1. The molecule has 4 aromatic rings. The second-order valence-corrected chi connectivity index (χ2v) is 8.78. The molecule has 7 heteroatoms. The molecule has 5 nitrogen and oxygen atoms in total. The van der Waals surface area contributed by atoms with Crippen molar-refractivity contribution in [3.05, 3.63) is 81.5 Å². The average Bonchev–Trinajstić information content (AvgIpc) is 3.37. The predicted molar refractivity (Wildman–Crippen MR) is 119 cm³/mol. The molecule has 1 atom stereocenters.